The van der Waals surface area contributed by atoms with Crippen LogP contribution < -0.4 is 14.4 Å². The maximum absolute atomic E-state index is 12.9. The van der Waals surface area contributed by atoms with E-state index in [0.29, 0.717) is 18.0 Å². The van der Waals surface area contributed by atoms with Gasteiger partial charge in [-0.1, -0.05) is 42.8 Å². The van der Waals surface area contributed by atoms with Gasteiger partial charge in [-0.25, -0.2) is 8.42 Å². The Balaban J connectivity index is 1.39. The van der Waals surface area contributed by atoms with E-state index in [1.807, 2.05) is 12.1 Å². The zero-order chi connectivity index (χ0) is 22.6. The second-order valence-corrected chi connectivity index (χ2v) is 10.5. The molecule has 2 heterocycles. The SMILES string of the molecule is CS(=O)(=O)N1CCC(C(=O)NCc2cccc(CN3CCCCC3)c2)Oc2ccccc21. The van der Waals surface area contributed by atoms with Crippen molar-refractivity contribution in [2.75, 3.05) is 30.2 Å². The molecule has 1 N–H and O–H groups in total. The summed E-state index contributed by atoms with van der Waals surface area (Å²) < 4.78 is 31.7. The molecule has 1 unspecified atom stereocenters. The first-order valence-corrected chi connectivity index (χ1v) is 13.1. The van der Waals surface area contributed by atoms with Crippen LogP contribution in [0.5, 0.6) is 5.75 Å². The number of ether oxygens (including phenoxy) is 1. The van der Waals surface area contributed by atoms with Crippen LogP contribution in [-0.2, 0) is 27.9 Å². The third kappa shape index (κ3) is 5.61. The molecule has 0 radical (unpaired) electrons. The smallest absolute Gasteiger partial charge is 0.261 e. The number of likely N-dealkylation sites (tertiary alicyclic amines) is 1. The fourth-order valence-corrected chi connectivity index (χ4v) is 5.32. The minimum absolute atomic E-state index is 0.194. The van der Waals surface area contributed by atoms with Gasteiger partial charge in [0.2, 0.25) is 10.0 Å². The molecule has 2 aromatic carbocycles. The largest absolute Gasteiger partial charge is 0.478 e. The van der Waals surface area contributed by atoms with Crippen LogP contribution in [0, 0.1) is 0 Å². The summed E-state index contributed by atoms with van der Waals surface area (Å²) in [4.78, 5) is 15.4. The summed E-state index contributed by atoms with van der Waals surface area (Å²) in [7, 11) is -3.47. The first-order valence-electron chi connectivity index (χ1n) is 11.2. The molecule has 172 valence electrons. The van der Waals surface area contributed by atoms with Crippen LogP contribution >= 0.6 is 0 Å². The van der Waals surface area contributed by atoms with Gasteiger partial charge in [0, 0.05) is 26.1 Å². The topological polar surface area (TPSA) is 79.0 Å². The number of rotatable bonds is 6. The van der Waals surface area contributed by atoms with Crippen molar-refractivity contribution in [2.45, 2.75) is 44.9 Å². The molecular formula is C24H31N3O4S. The van der Waals surface area contributed by atoms with Crippen molar-refractivity contribution in [3.63, 3.8) is 0 Å². The Morgan fingerprint density at radius 1 is 1.03 bits per heavy atom. The number of carbonyl (C=O) groups is 1. The molecule has 0 aromatic heterocycles. The van der Waals surface area contributed by atoms with Crippen molar-refractivity contribution in [1.82, 2.24) is 10.2 Å². The number of amides is 1. The van der Waals surface area contributed by atoms with Crippen LogP contribution in [-0.4, -0.2) is 51.2 Å². The summed E-state index contributed by atoms with van der Waals surface area (Å²) in [5.41, 5.74) is 2.76. The van der Waals surface area contributed by atoms with E-state index in [0.717, 1.165) is 25.2 Å². The van der Waals surface area contributed by atoms with Gasteiger partial charge in [-0.3, -0.25) is 14.0 Å². The highest BCUT2D eigenvalue weighted by Gasteiger charge is 2.30. The highest BCUT2D eigenvalue weighted by atomic mass is 32.2. The predicted molar refractivity (Wildman–Crippen MR) is 125 cm³/mol. The standard InChI is InChI=1S/C24H31N3O4S/c1-32(29,30)27-15-12-23(31-22-11-4-3-10-21(22)27)24(28)25-17-19-8-7-9-20(16-19)18-26-13-5-2-6-14-26/h3-4,7-11,16,23H,2,5-6,12-15,17-18H2,1H3,(H,25,28). The second kappa shape index (κ2) is 9.92. The number of nitrogens with one attached hydrogen (secondary N) is 1. The van der Waals surface area contributed by atoms with Crippen molar-refractivity contribution < 1.29 is 17.9 Å². The number of carbonyl (C=O) groups excluding carboxylic acids is 1. The molecule has 1 saturated heterocycles. The minimum Gasteiger partial charge on any atom is -0.478 e. The molecule has 1 amide bonds. The number of para-hydroxylation sites is 2. The van der Waals surface area contributed by atoms with Gasteiger partial charge in [0.15, 0.2) is 6.10 Å². The molecule has 2 aliphatic heterocycles. The number of anilines is 1. The van der Waals surface area contributed by atoms with E-state index in [1.165, 1.54) is 35.4 Å². The van der Waals surface area contributed by atoms with Gasteiger partial charge < -0.3 is 10.1 Å². The summed E-state index contributed by atoms with van der Waals surface area (Å²) in [6.45, 7) is 3.83. The van der Waals surface area contributed by atoms with Crippen molar-refractivity contribution in [2.24, 2.45) is 0 Å². The molecule has 0 bridgehead atoms. The lowest BCUT2D eigenvalue weighted by atomic mass is 10.1. The molecule has 1 atom stereocenters. The number of sulfonamides is 1. The van der Waals surface area contributed by atoms with Gasteiger partial charge in [-0.15, -0.1) is 0 Å². The second-order valence-electron chi connectivity index (χ2n) is 8.57. The summed E-state index contributed by atoms with van der Waals surface area (Å²) in [6, 6.07) is 15.2. The molecule has 2 aromatic rings. The Morgan fingerprint density at radius 3 is 2.56 bits per heavy atom. The first kappa shape index (κ1) is 22.6. The molecule has 32 heavy (non-hydrogen) atoms. The Morgan fingerprint density at radius 2 is 1.78 bits per heavy atom. The normalized spacial score (nSPS) is 19.5. The summed E-state index contributed by atoms with van der Waals surface area (Å²) in [5, 5.41) is 2.97. The fourth-order valence-electron chi connectivity index (χ4n) is 4.38. The molecule has 8 heteroatoms. The molecule has 4 rings (SSSR count). The number of hydrogen-bond acceptors (Lipinski definition) is 5. The third-order valence-corrected chi connectivity index (χ3v) is 7.18. The Bertz CT molecular complexity index is 1050. The summed E-state index contributed by atoms with van der Waals surface area (Å²) >= 11 is 0. The number of hydrogen-bond donors (Lipinski definition) is 1. The number of benzene rings is 2. The lowest BCUT2D eigenvalue weighted by Gasteiger charge is -2.26. The van der Waals surface area contributed by atoms with E-state index < -0.39 is 16.1 Å². The Labute approximate surface area is 190 Å². The highest BCUT2D eigenvalue weighted by Crippen LogP contribution is 2.33. The predicted octanol–water partition coefficient (Wildman–Crippen LogP) is 2.91. The van der Waals surface area contributed by atoms with E-state index in [1.54, 1.807) is 24.3 Å². The van der Waals surface area contributed by atoms with Gasteiger partial charge in [-0.2, -0.15) is 0 Å². The molecule has 1 fully saturated rings. The monoisotopic (exact) mass is 457 g/mol. The number of nitrogens with zero attached hydrogens (tertiary/aromatic N) is 2. The lowest BCUT2D eigenvalue weighted by molar-refractivity contribution is -0.128. The van der Waals surface area contributed by atoms with Gasteiger partial charge >= 0.3 is 0 Å². The van der Waals surface area contributed by atoms with Crippen LogP contribution in [0.2, 0.25) is 0 Å². The van der Waals surface area contributed by atoms with Crippen LogP contribution in [0.15, 0.2) is 48.5 Å². The lowest BCUT2D eigenvalue weighted by Crippen LogP contribution is -2.39. The quantitative estimate of drug-likeness (QED) is 0.722. The molecule has 0 saturated carbocycles. The van der Waals surface area contributed by atoms with Crippen molar-refractivity contribution in [3.8, 4) is 5.75 Å². The van der Waals surface area contributed by atoms with Crippen LogP contribution in [0.3, 0.4) is 0 Å². The number of fused-ring (bicyclic) bond motifs is 1. The summed E-state index contributed by atoms with van der Waals surface area (Å²) in [5.74, 6) is 0.163. The minimum atomic E-state index is -3.47. The fraction of sp³-hybridized carbons (Fsp3) is 0.458. The zero-order valence-corrected chi connectivity index (χ0v) is 19.3. The summed E-state index contributed by atoms with van der Waals surface area (Å²) in [6.07, 6.45) is 4.54. The van der Waals surface area contributed by atoms with Crippen molar-refractivity contribution in [3.05, 3.63) is 59.7 Å². The van der Waals surface area contributed by atoms with E-state index in [-0.39, 0.29) is 18.9 Å². The highest BCUT2D eigenvalue weighted by molar-refractivity contribution is 7.92. The molecular weight excluding hydrogens is 426 g/mol. The van der Waals surface area contributed by atoms with E-state index >= 15 is 0 Å². The van der Waals surface area contributed by atoms with Crippen LogP contribution in [0.1, 0.15) is 36.8 Å². The molecule has 0 aliphatic carbocycles. The average molecular weight is 458 g/mol. The van der Waals surface area contributed by atoms with Gasteiger partial charge in [0.05, 0.1) is 11.9 Å². The molecule has 7 nitrogen and oxygen atoms in total. The maximum Gasteiger partial charge on any atom is 0.261 e. The van der Waals surface area contributed by atoms with Crippen molar-refractivity contribution in [1.29, 1.82) is 0 Å². The van der Waals surface area contributed by atoms with Gasteiger partial charge in [0.1, 0.15) is 5.75 Å². The Hall–Kier alpha value is -2.58. The van der Waals surface area contributed by atoms with Crippen molar-refractivity contribution >= 4 is 21.6 Å². The Kier molecular flexibility index (Phi) is 7.01. The van der Waals surface area contributed by atoms with Gasteiger partial charge in [0.25, 0.3) is 5.91 Å². The van der Waals surface area contributed by atoms with E-state index in [9.17, 15) is 13.2 Å². The molecule has 0 spiro atoms. The van der Waals surface area contributed by atoms with E-state index in [2.05, 4.69) is 22.3 Å². The van der Waals surface area contributed by atoms with Crippen LogP contribution in [0.25, 0.3) is 0 Å². The maximum atomic E-state index is 12.9. The number of piperidine rings is 1. The average Bonchev–Trinajstić information content (AvgIpc) is 2.98. The third-order valence-electron chi connectivity index (χ3n) is 6.00. The molecule has 2 aliphatic rings. The van der Waals surface area contributed by atoms with E-state index in [4.69, 9.17) is 4.74 Å². The van der Waals surface area contributed by atoms with Crippen LogP contribution in [0.4, 0.5) is 5.69 Å². The zero-order valence-electron chi connectivity index (χ0n) is 18.5. The first-order chi connectivity index (χ1) is 15.4. The van der Waals surface area contributed by atoms with Gasteiger partial charge in [-0.05, 0) is 49.2 Å².